The molecule has 0 heterocycles. The summed E-state index contributed by atoms with van der Waals surface area (Å²) < 4.78 is 0. The van der Waals surface area contributed by atoms with Gasteiger partial charge in [-0.05, 0) is 6.07 Å². The molecule has 50 valence electrons. The van der Waals surface area contributed by atoms with E-state index in [4.69, 9.17) is 0 Å². The molecule has 0 saturated carbocycles. The highest BCUT2D eigenvalue weighted by atomic mass is 16.6. The Bertz CT molecular complexity index is 220. The van der Waals surface area contributed by atoms with Gasteiger partial charge in [-0.15, -0.1) is 0 Å². The first-order valence-electron chi connectivity index (χ1n) is 2.74. The summed E-state index contributed by atoms with van der Waals surface area (Å²) in [6, 6.07) is 9.45. The molecular weight excluding hydrogens is 130 g/mol. The summed E-state index contributed by atoms with van der Waals surface area (Å²) in [7, 11) is 0. The molecule has 0 amide bonds. The van der Waals surface area contributed by atoms with Crippen LogP contribution in [0.1, 0.15) is 5.56 Å². The molecule has 0 atom stereocenters. The van der Waals surface area contributed by atoms with Crippen LogP contribution in [0.4, 0.5) is 0 Å². The third-order valence-electron chi connectivity index (χ3n) is 0.978. The molecule has 0 aliphatic carbocycles. The topological polar surface area (TPSA) is 43.1 Å². The molecule has 1 aromatic rings. The van der Waals surface area contributed by atoms with Crippen molar-refractivity contribution in [3.05, 3.63) is 52.6 Å². The fourth-order valence-electron chi connectivity index (χ4n) is 0.601. The average molecular weight is 135 g/mol. The summed E-state index contributed by atoms with van der Waals surface area (Å²) in [4.78, 5) is 9.40. The van der Waals surface area contributed by atoms with Crippen LogP contribution in [0.2, 0.25) is 0 Å². The zero-order valence-electron chi connectivity index (χ0n) is 5.15. The van der Waals surface area contributed by atoms with Crippen molar-refractivity contribution in [1.82, 2.24) is 0 Å². The maximum absolute atomic E-state index is 9.90. The molecule has 0 saturated heterocycles. The predicted octanol–water partition coefficient (Wildman–Crippen LogP) is 1.27. The summed E-state index contributed by atoms with van der Waals surface area (Å²) in [5.41, 5.74) is 0.493. The van der Waals surface area contributed by atoms with E-state index in [1.165, 1.54) is 0 Å². The van der Waals surface area contributed by atoms with Gasteiger partial charge in [0.1, 0.15) is 0 Å². The van der Waals surface area contributed by atoms with Crippen molar-refractivity contribution in [1.29, 1.82) is 0 Å². The Hall–Kier alpha value is -1.38. The molecule has 3 nitrogen and oxygen atoms in total. The lowest BCUT2D eigenvalue weighted by molar-refractivity contribution is -0.429. The number of benzene rings is 1. The van der Waals surface area contributed by atoms with Crippen LogP contribution in [-0.4, -0.2) is 4.92 Å². The predicted molar refractivity (Wildman–Crippen MR) is 35.7 cm³/mol. The highest BCUT2D eigenvalue weighted by Crippen LogP contribution is 1.99. The second kappa shape index (κ2) is 2.96. The summed E-state index contributed by atoms with van der Waals surface area (Å²) in [6.45, 7) is 0.917. The molecular formula is C7H5NO2. The van der Waals surface area contributed by atoms with E-state index >= 15 is 0 Å². The molecule has 1 aromatic carbocycles. The van der Waals surface area contributed by atoms with E-state index < -0.39 is 4.92 Å². The smallest absolute Gasteiger partial charge is 0.264 e. The maximum atomic E-state index is 9.90. The number of hydrogen-bond acceptors (Lipinski definition) is 2. The van der Waals surface area contributed by atoms with E-state index in [1.54, 1.807) is 24.3 Å². The summed E-state index contributed by atoms with van der Waals surface area (Å²) in [5, 5.41) is 9.90. The standard InChI is InChI=1S/C7H5NO2/c9-8(10)6-7-4-2-1-3-5-7/h1-4,6H. The number of nitrogens with zero attached hydrogens (tertiary/aromatic N) is 1. The molecule has 0 N–H and O–H groups in total. The molecule has 0 spiro atoms. The monoisotopic (exact) mass is 135 g/mol. The van der Waals surface area contributed by atoms with Crippen molar-refractivity contribution in [3.8, 4) is 0 Å². The van der Waals surface area contributed by atoms with Crippen molar-refractivity contribution in [2.75, 3.05) is 0 Å². The van der Waals surface area contributed by atoms with Gasteiger partial charge < -0.3 is 0 Å². The minimum atomic E-state index is -0.494. The van der Waals surface area contributed by atoms with Crippen LogP contribution in [0.5, 0.6) is 0 Å². The Morgan fingerprint density at radius 2 is 2.40 bits per heavy atom. The summed E-state index contributed by atoms with van der Waals surface area (Å²) in [6.07, 6.45) is 0. The van der Waals surface area contributed by atoms with E-state index in [0.29, 0.717) is 5.56 Å². The van der Waals surface area contributed by atoms with E-state index in [-0.39, 0.29) is 0 Å². The fourth-order valence-corrected chi connectivity index (χ4v) is 0.601. The first kappa shape index (κ1) is 6.74. The van der Waals surface area contributed by atoms with Gasteiger partial charge >= 0.3 is 6.54 Å². The van der Waals surface area contributed by atoms with Crippen molar-refractivity contribution in [3.63, 3.8) is 0 Å². The number of rotatable bonds is 2. The second-order valence-corrected chi connectivity index (χ2v) is 1.73. The van der Waals surface area contributed by atoms with Gasteiger partial charge in [-0.25, -0.2) is 0 Å². The van der Waals surface area contributed by atoms with Crippen LogP contribution in [0.15, 0.2) is 24.3 Å². The first-order valence-corrected chi connectivity index (χ1v) is 2.74. The van der Waals surface area contributed by atoms with Crippen LogP contribution in [0.3, 0.4) is 0 Å². The van der Waals surface area contributed by atoms with Crippen LogP contribution in [0, 0.1) is 22.7 Å². The van der Waals surface area contributed by atoms with Gasteiger partial charge in [-0.1, -0.05) is 24.3 Å². The SMILES string of the molecule is O=[N+]([O-])[CH]c1[c]cccc1. The van der Waals surface area contributed by atoms with Gasteiger partial charge in [0.05, 0.1) is 0 Å². The lowest BCUT2D eigenvalue weighted by atomic mass is 10.2. The van der Waals surface area contributed by atoms with Gasteiger partial charge in [0.2, 0.25) is 0 Å². The highest BCUT2D eigenvalue weighted by molar-refractivity contribution is 5.17. The Morgan fingerprint density at radius 1 is 1.60 bits per heavy atom. The third-order valence-corrected chi connectivity index (χ3v) is 0.978. The molecule has 0 aliphatic rings. The molecule has 0 fully saturated rings. The van der Waals surface area contributed by atoms with Gasteiger partial charge in [0.25, 0.3) is 0 Å². The molecule has 3 heteroatoms. The Kier molecular flexibility index (Phi) is 1.99. The lowest BCUT2D eigenvalue weighted by Gasteiger charge is -1.88. The van der Waals surface area contributed by atoms with Crippen molar-refractivity contribution in [2.45, 2.75) is 0 Å². The minimum Gasteiger partial charge on any atom is -0.264 e. The van der Waals surface area contributed by atoms with Crippen LogP contribution in [0.25, 0.3) is 0 Å². The first-order chi connectivity index (χ1) is 4.79. The lowest BCUT2D eigenvalue weighted by Crippen LogP contribution is -1.93. The minimum absolute atomic E-state index is 0.493. The molecule has 10 heavy (non-hydrogen) atoms. The normalized spacial score (nSPS) is 9.20. The highest BCUT2D eigenvalue weighted by Gasteiger charge is 2.00. The third kappa shape index (κ3) is 1.85. The molecule has 0 aromatic heterocycles. The maximum Gasteiger partial charge on any atom is 0.308 e. The van der Waals surface area contributed by atoms with Crippen LogP contribution >= 0.6 is 0 Å². The zero-order valence-corrected chi connectivity index (χ0v) is 5.15. The van der Waals surface area contributed by atoms with Crippen molar-refractivity contribution < 1.29 is 4.92 Å². The molecule has 1 rings (SSSR count). The average Bonchev–Trinajstić information content (AvgIpc) is 1.88. The number of nitro groups is 1. The number of hydrogen-bond donors (Lipinski definition) is 0. The Labute approximate surface area is 58.4 Å². The zero-order chi connectivity index (χ0) is 7.40. The van der Waals surface area contributed by atoms with Gasteiger partial charge in [-0.2, -0.15) is 0 Å². The van der Waals surface area contributed by atoms with E-state index in [1.807, 2.05) is 0 Å². The molecule has 2 radical (unpaired) electrons. The summed E-state index contributed by atoms with van der Waals surface area (Å²) in [5.74, 6) is 0. The second-order valence-electron chi connectivity index (χ2n) is 1.73. The Balaban J connectivity index is 2.67. The van der Waals surface area contributed by atoms with E-state index in [0.717, 1.165) is 6.54 Å². The van der Waals surface area contributed by atoms with Crippen molar-refractivity contribution >= 4 is 0 Å². The van der Waals surface area contributed by atoms with E-state index in [9.17, 15) is 10.1 Å². The van der Waals surface area contributed by atoms with Gasteiger partial charge in [-0.3, -0.25) is 10.1 Å². The van der Waals surface area contributed by atoms with Crippen LogP contribution < -0.4 is 0 Å². The quantitative estimate of drug-likeness (QED) is 0.452. The van der Waals surface area contributed by atoms with Crippen molar-refractivity contribution in [2.24, 2.45) is 0 Å². The molecule has 0 aliphatic heterocycles. The fraction of sp³-hybridized carbons (Fsp3) is 0. The van der Waals surface area contributed by atoms with E-state index in [2.05, 4.69) is 6.07 Å². The summed E-state index contributed by atoms with van der Waals surface area (Å²) >= 11 is 0. The molecule has 0 bridgehead atoms. The van der Waals surface area contributed by atoms with Gasteiger partial charge in [0, 0.05) is 10.5 Å². The largest absolute Gasteiger partial charge is 0.308 e. The van der Waals surface area contributed by atoms with Crippen LogP contribution in [-0.2, 0) is 0 Å². The molecule has 0 unspecified atom stereocenters. The van der Waals surface area contributed by atoms with Gasteiger partial charge in [0.15, 0.2) is 0 Å². The Morgan fingerprint density at radius 3 is 2.90 bits per heavy atom.